The molecule has 0 atom stereocenters. The molecule has 0 aliphatic heterocycles. The first kappa shape index (κ1) is 26.4. The van der Waals surface area contributed by atoms with Crippen LogP contribution < -0.4 is 0 Å². The summed E-state index contributed by atoms with van der Waals surface area (Å²) in [6.45, 7) is 0. The van der Waals surface area contributed by atoms with Crippen LogP contribution in [0, 0.1) is 0 Å². The fourth-order valence-electron chi connectivity index (χ4n) is 5.65. The van der Waals surface area contributed by atoms with E-state index in [1.54, 1.807) is 0 Å². The van der Waals surface area contributed by atoms with Gasteiger partial charge in [-0.05, 0) is 103 Å². The van der Waals surface area contributed by atoms with Crippen molar-refractivity contribution < 1.29 is 33.6 Å². The Labute approximate surface area is 193 Å². The van der Waals surface area contributed by atoms with Crippen molar-refractivity contribution in [1.29, 1.82) is 0 Å². The fraction of sp³-hybridized carbons (Fsp3) is 1.00. The van der Waals surface area contributed by atoms with Crippen LogP contribution in [0.25, 0.3) is 0 Å². The van der Waals surface area contributed by atoms with Crippen molar-refractivity contribution >= 4 is 9.84 Å². The van der Waals surface area contributed by atoms with Crippen LogP contribution in [0.4, 0.5) is 0 Å². The highest BCUT2D eigenvalue weighted by Crippen LogP contribution is 2.32. The van der Waals surface area contributed by atoms with Gasteiger partial charge in [0.25, 0.3) is 0 Å². The van der Waals surface area contributed by atoms with Gasteiger partial charge in [0.1, 0.15) is 0 Å². The van der Waals surface area contributed by atoms with E-state index in [1.165, 1.54) is 0 Å². The van der Waals surface area contributed by atoms with E-state index in [2.05, 4.69) is 0 Å². The van der Waals surface area contributed by atoms with E-state index >= 15 is 0 Å². The van der Waals surface area contributed by atoms with Gasteiger partial charge < -0.3 is 25.2 Å². The summed E-state index contributed by atoms with van der Waals surface area (Å²) in [4.78, 5) is 0. The number of aliphatic hydroxyl groups excluding tert-OH is 4. The van der Waals surface area contributed by atoms with Gasteiger partial charge in [-0.15, -0.1) is 0 Å². The van der Waals surface area contributed by atoms with Gasteiger partial charge in [0.2, 0.25) is 0 Å². The van der Waals surface area contributed by atoms with Gasteiger partial charge in [0.05, 0.1) is 47.1 Å². The summed E-state index contributed by atoms with van der Waals surface area (Å²) in [5.74, 6) is 0. The quantitative estimate of drug-likeness (QED) is 0.492. The average molecular weight is 477 g/mol. The van der Waals surface area contributed by atoms with Crippen molar-refractivity contribution in [3.05, 3.63) is 0 Å². The Hall–Kier alpha value is -0.250. The minimum Gasteiger partial charge on any atom is -0.393 e. The highest BCUT2D eigenvalue weighted by Gasteiger charge is 2.37. The second-order valence-electron chi connectivity index (χ2n) is 10.4. The van der Waals surface area contributed by atoms with E-state index in [1.807, 2.05) is 0 Å². The summed E-state index contributed by atoms with van der Waals surface area (Å²) < 4.78 is 30.8. The molecule has 0 bridgehead atoms. The van der Waals surface area contributed by atoms with Crippen LogP contribution in [0.15, 0.2) is 0 Å². The molecule has 0 heterocycles. The van der Waals surface area contributed by atoms with Crippen molar-refractivity contribution in [1.82, 2.24) is 0 Å². The predicted octanol–water partition coefficient (Wildman–Crippen LogP) is 2.62. The molecule has 0 spiro atoms. The minimum atomic E-state index is -3.05. The third kappa shape index (κ3) is 7.91. The maximum absolute atomic E-state index is 12.4. The summed E-state index contributed by atoms with van der Waals surface area (Å²) in [6, 6.07) is 0. The van der Waals surface area contributed by atoms with Gasteiger partial charge in [-0.3, -0.25) is 0 Å². The molecule has 7 nitrogen and oxygen atoms in total. The first-order chi connectivity index (χ1) is 15.2. The van der Waals surface area contributed by atoms with E-state index in [0.29, 0.717) is 63.6 Å². The van der Waals surface area contributed by atoms with Gasteiger partial charge in [0, 0.05) is 0 Å². The molecule has 4 saturated carbocycles. The van der Waals surface area contributed by atoms with Crippen molar-refractivity contribution in [3.63, 3.8) is 0 Å². The molecule has 0 aromatic carbocycles. The lowest BCUT2D eigenvalue weighted by molar-refractivity contribution is -0.0720. The lowest BCUT2D eigenvalue weighted by Gasteiger charge is -2.32. The number of aliphatic hydroxyl groups is 4. The van der Waals surface area contributed by atoms with Crippen molar-refractivity contribution in [3.8, 4) is 0 Å². The van der Waals surface area contributed by atoms with Gasteiger partial charge in [-0.1, -0.05) is 0 Å². The first-order valence-corrected chi connectivity index (χ1v) is 14.5. The van der Waals surface area contributed by atoms with Crippen LogP contribution >= 0.6 is 0 Å². The third-order valence-corrected chi connectivity index (χ3v) is 10.7. The van der Waals surface area contributed by atoms with E-state index in [9.17, 15) is 28.8 Å². The standard InChI is InChI=1S/C12H22O4S.C12H22O3/c13-9-1-5-11(6-2-9)17(15,16)12-7-3-10(14)4-8-12;13-9-1-5-11(6-2-9)15-12-7-3-10(14)4-8-12/h9-14H,1-8H2;9-14H,1-8H2. The van der Waals surface area contributed by atoms with Crippen LogP contribution in [0.2, 0.25) is 0 Å². The van der Waals surface area contributed by atoms with Gasteiger partial charge in [0.15, 0.2) is 9.84 Å². The Kier molecular flexibility index (Phi) is 10.3. The molecule has 0 unspecified atom stereocenters. The Balaban J connectivity index is 0.000000182. The number of sulfone groups is 1. The molecular formula is C24H44O7S. The first-order valence-electron chi connectivity index (χ1n) is 12.8. The molecule has 0 aromatic heterocycles. The van der Waals surface area contributed by atoms with Crippen molar-refractivity contribution in [2.45, 2.75) is 150 Å². The summed E-state index contributed by atoms with van der Waals surface area (Å²) in [5.41, 5.74) is 0. The summed E-state index contributed by atoms with van der Waals surface area (Å²) in [5, 5.41) is 37.1. The monoisotopic (exact) mass is 476 g/mol. The van der Waals surface area contributed by atoms with Crippen molar-refractivity contribution in [2.24, 2.45) is 0 Å². The summed E-state index contributed by atoms with van der Waals surface area (Å²) in [7, 11) is -3.05. The number of hydrogen-bond donors (Lipinski definition) is 4. The summed E-state index contributed by atoms with van der Waals surface area (Å²) in [6.07, 6.45) is 12.3. The SMILES string of the molecule is O=S(=O)(C1CCC(O)CC1)C1CCC(O)CC1.OC1CCC(OC2CCC(O)CC2)CC1. The topological polar surface area (TPSA) is 124 Å². The van der Waals surface area contributed by atoms with E-state index in [0.717, 1.165) is 51.4 Å². The Bertz CT molecular complexity index is 575. The van der Waals surface area contributed by atoms with Crippen LogP contribution in [-0.2, 0) is 14.6 Å². The van der Waals surface area contributed by atoms with Crippen molar-refractivity contribution in [2.75, 3.05) is 0 Å². The molecule has 4 fully saturated rings. The predicted molar refractivity (Wildman–Crippen MR) is 123 cm³/mol. The molecule has 4 rings (SSSR count). The molecule has 0 aromatic rings. The average Bonchev–Trinajstić information content (AvgIpc) is 2.78. The Morgan fingerprint density at radius 1 is 0.438 bits per heavy atom. The fourth-order valence-corrected chi connectivity index (χ4v) is 8.06. The maximum Gasteiger partial charge on any atom is 0.156 e. The normalized spacial score (nSPS) is 41.4. The number of hydrogen-bond acceptors (Lipinski definition) is 7. The van der Waals surface area contributed by atoms with E-state index in [4.69, 9.17) is 4.74 Å². The third-order valence-electron chi connectivity index (χ3n) is 7.89. The molecule has 32 heavy (non-hydrogen) atoms. The van der Waals surface area contributed by atoms with Crippen LogP contribution in [-0.4, -0.2) is 76.0 Å². The molecule has 0 amide bonds. The smallest absolute Gasteiger partial charge is 0.156 e. The van der Waals surface area contributed by atoms with Crippen LogP contribution in [0.3, 0.4) is 0 Å². The molecule has 188 valence electrons. The van der Waals surface area contributed by atoms with Crippen LogP contribution in [0.5, 0.6) is 0 Å². The van der Waals surface area contributed by atoms with Gasteiger partial charge >= 0.3 is 0 Å². The second kappa shape index (κ2) is 12.5. The zero-order valence-corrected chi connectivity index (χ0v) is 20.2. The molecular weight excluding hydrogens is 432 g/mol. The highest BCUT2D eigenvalue weighted by molar-refractivity contribution is 7.92. The zero-order valence-electron chi connectivity index (χ0n) is 19.4. The lowest BCUT2D eigenvalue weighted by atomic mass is 9.92. The Morgan fingerprint density at radius 3 is 0.969 bits per heavy atom. The second-order valence-corrected chi connectivity index (χ2v) is 13.0. The summed E-state index contributed by atoms with van der Waals surface area (Å²) >= 11 is 0. The number of rotatable bonds is 4. The molecule has 0 saturated heterocycles. The maximum atomic E-state index is 12.4. The van der Waals surface area contributed by atoms with E-state index in [-0.39, 0.29) is 34.9 Å². The lowest BCUT2D eigenvalue weighted by Crippen LogP contribution is -2.38. The zero-order chi connectivity index (χ0) is 23.1. The number of ether oxygens (including phenoxy) is 1. The molecule has 0 radical (unpaired) electrons. The van der Waals surface area contributed by atoms with Gasteiger partial charge in [-0.25, -0.2) is 8.42 Å². The van der Waals surface area contributed by atoms with Gasteiger partial charge in [-0.2, -0.15) is 0 Å². The minimum absolute atomic E-state index is 0.0990. The molecule has 4 aliphatic rings. The Morgan fingerprint density at radius 2 is 0.688 bits per heavy atom. The highest BCUT2D eigenvalue weighted by atomic mass is 32.2. The molecule has 8 heteroatoms. The van der Waals surface area contributed by atoms with Crippen LogP contribution in [0.1, 0.15) is 103 Å². The largest absolute Gasteiger partial charge is 0.393 e. The van der Waals surface area contributed by atoms with E-state index < -0.39 is 9.84 Å². The molecule has 4 aliphatic carbocycles. The molecule has 4 N–H and O–H groups in total.